The average molecular weight is 144 g/mol. The number of rotatable bonds is 3. The van der Waals surface area contributed by atoms with Crippen LogP contribution < -0.4 is 0 Å². The van der Waals surface area contributed by atoms with Crippen LogP contribution in [-0.4, -0.2) is 23.1 Å². The molecule has 0 aromatic carbocycles. The van der Waals surface area contributed by atoms with Crippen LogP contribution in [0.1, 0.15) is 33.6 Å². The molecule has 0 aliphatic carbocycles. The van der Waals surface area contributed by atoms with Crippen molar-refractivity contribution in [2.75, 3.05) is 0 Å². The van der Waals surface area contributed by atoms with Gasteiger partial charge < -0.3 is 4.79 Å². The van der Waals surface area contributed by atoms with Crippen molar-refractivity contribution in [1.82, 2.24) is 0 Å². The summed E-state index contributed by atoms with van der Waals surface area (Å²) in [6, 6.07) is 0. The highest BCUT2D eigenvalue weighted by molar-refractivity contribution is 5.75. The minimum absolute atomic E-state index is 0. The summed E-state index contributed by atoms with van der Waals surface area (Å²) in [7, 11) is 0. The van der Waals surface area contributed by atoms with E-state index in [9.17, 15) is 4.79 Å². The molecule has 1 nitrogen and oxygen atoms in total. The van der Waals surface area contributed by atoms with Gasteiger partial charge in [-0.1, -0.05) is 13.8 Å². The Morgan fingerprint density at radius 1 is 1.44 bits per heavy atom. The van der Waals surface area contributed by atoms with Gasteiger partial charge in [0, 0.05) is 6.42 Å². The van der Waals surface area contributed by atoms with Crippen LogP contribution in [0, 0.1) is 5.92 Å². The largest absolute Gasteiger partial charge is 0.300 e. The van der Waals surface area contributed by atoms with Gasteiger partial charge in [-0.3, -0.25) is 0 Å². The van der Waals surface area contributed by atoms with Gasteiger partial charge in [0.05, 0.1) is 0 Å². The summed E-state index contributed by atoms with van der Waals surface area (Å²) in [6.45, 7) is 5.90. The lowest BCUT2D eigenvalue weighted by atomic mass is 10.1. The molecule has 0 fully saturated rings. The van der Waals surface area contributed by atoms with E-state index in [-0.39, 0.29) is 17.4 Å². The molecular weight excluding hydrogens is 127 g/mol. The highest BCUT2D eigenvalue weighted by atomic mass is 27.0. The first-order valence-electron chi connectivity index (χ1n) is 3.12. The van der Waals surface area contributed by atoms with Crippen LogP contribution in [0.25, 0.3) is 0 Å². The quantitative estimate of drug-likeness (QED) is 0.536. The van der Waals surface area contributed by atoms with E-state index in [0.29, 0.717) is 11.7 Å². The molecule has 0 saturated carbocycles. The van der Waals surface area contributed by atoms with Gasteiger partial charge in [-0.15, -0.1) is 0 Å². The van der Waals surface area contributed by atoms with Crippen LogP contribution in [0.3, 0.4) is 0 Å². The second kappa shape index (κ2) is 6.32. The number of ketones is 1. The Balaban J connectivity index is 0. The van der Waals surface area contributed by atoms with E-state index in [1.807, 2.05) is 0 Å². The molecule has 0 N–H and O–H groups in total. The van der Waals surface area contributed by atoms with Crippen molar-refractivity contribution in [1.29, 1.82) is 0 Å². The maximum atomic E-state index is 10.3. The second-order valence-corrected chi connectivity index (χ2v) is 2.63. The lowest BCUT2D eigenvalue weighted by molar-refractivity contribution is -0.117. The van der Waals surface area contributed by atoms with E-state index in [1.54, 1.807) is 6.92 Å². The molecule has 0 amide bonds. The predicted octanol–water partition coefficient (Wildman–Crippen LogP) is 0.828. The van der Waals surface area contributed by atoms with E-state index in [1.165, 1.54) is 0 Å². The highest BCUT2D eigenvalue weighted by Gasteiger charge is 1.95. The molecule has 0 aliphatic rings. The smallest absolute Gasteiger partial charge is 0.187 e. The number of hydrogen-bond donors (Lipinski definition) is 0. The standard InChI is InChI=1S/C7H14O.Al.3H/c1-6(2)4-5-7(3)8;;;;/h6H,4-5H2,1-3H3;;;;. The zero-order chi connectivity index (χ0) is 6.57. The molecule has 0 atom stereocenters. The fourth-order valence-electron chi connectivity index (χ4n) is 0.492. The first-order valence-corrected chi connectivity index (χ1v) is 3.12. The van der Waals surface area contributed by atoms with E-state index in [2.05, 4.69) is 13.8 Å². The van der Waals surface area contributed by atoms with E-state index in [0.717, 1.165) is 12.8 Å². The first kappa shape index (κ1) is 11.9. The van der Waals surface area contributed by atoms with Crippen molar-refractivity contribution < 1.29 is 4.79 Å². The SMILES string of the molecule is CC(=O)CCC(C)C.[AlH3]. The summed E-state index contributed by atoms with van der Waals surface area (Å²) in [6.07, 6.45) is 1.78. The van der Waals surface area contributed by atoms with Crippen LogP contribution in [0.2, 0.25) is 0 Å². The molecule has 0 spiro atoms. The average Bonchev–Trinajstić information content (AvgIpc) is 1.61. The maximum absolute atomic E-state index is 10.3. The Labute approximate surface area is 68.0 Å². The van der Waals surface area contributed by atoms with Crippen molar-refractivity contribution in [2.45, 2.75) is 33.6 Å². The summed E-state index contributed by atoms with van der Waals surface area (Å²) in [5.41, 5.74) is 0. The van der Waals surface area contributed by atoms with Crippen molar-refractivity contribution in [3.05, 3.63) is 0 Å². The molecule has 9 heavy (non-hydrogen) atoms. The number of carbonyl (C=O) groups excluding carboxylic acids is 1. The van der Waals surface area contributed by atoms with Crippen LogP contribution in [0.5, 0.6) is 0 Å². The molecule has 0 aromatic rings. The van der Waals surface area contributed by atoms with Crippen LogP contribution in [0.15, 0.2) is 0 Å². The van der Waals surface area contributed by atoms with Crippen LogP contribution in [-0.2, 0) is 4.79 Å². The molecule has 2 heteroatoms. The molecule has 0 rings (SSSR count). The molecule has 54 valence electrons. The Kier molecular flexibility index (Phi) is 8.39. The molecule has 0 radical (unpaired) electrons. The second-order valence-electron chi connectivity index (χ2n) is 2.63. The van der Waals surface area contributed by atoms with Gasteiger partial charge in [-0.2, -0.15) is 0 Å². The van der Waals surface area contributed by atoms with Crippen molar-refractivity contribution in [3.8, 4) is 0 Å². The van der Waals surface area contributed by atoms with Gasteiger partial charge in [-0.25, -0.2) is 0 Å². The topological polar surface area (TPSA) is 17.1 Å². The zero-order valence-corrected chi connectivity index (χ0v) is 5.90. The maximum Gasteiger partial charge on any atom is 0.187 e. The van der Waals surface area contributed by atoms with Gasteiger partial charge in [0.2, 0.25) is 0 Å². The van der Waals surface area contributed by atoms with Gasteiger partial charge in [0.1, 0.15) is 5.78 Å². The molecule has 0 aliphatic heterocycles. The fourth-order valence-corrected chi connectivity index (χ4v) is 0.492. The Morgan fingerprint density at radius 2 is 1.89 bits per heavy atom. The zero-order valence-electron chi connectivity index (χ0n) is 5.90. The van der Waals surface area contributed by atoms with Gasteiger partial charge in [0.25, 0.3) is 0 Å². The lowest BCUT2D eigenvalue weighted by Crippen LogP contribution is -1.93. The van der Waals surface area contributed by atoms with E-state index in [4.69, 9.17) is 0 Å². The third-order valence-corrected chi connectivity index (χ3v) is 1.07. The monoisotopic (exact) mass is 144 g/mol. The first-order chi connectivity index (χ1) is 3.63. The molecule has 0 saturated heterocycles. The Morgan fingerprint density at radius 3 is 2.00 bits per heavy atom. The van der Waals surface area contributed by atoms with Crippen LogP contribution >= 0.6 is 0 Å². The van der Waals surface area contributed by atoms with Gasteiger partial charge in [-0.05, 0) is 19.3 Å². The minimum Gasteiger partial charge on any atom is -0.300 e. The summed E-state index contributed by atoms with van der Waals surface area (Å²) in [5.74, 6) is 0.970. The van der Waals surface area contributed by atoms with E-state index >= 15 is 0 Å². The highest BCUT2D eigenvalue weighted by Crippen LogP contribution is 2.02. The summed E-state index contributed by atoms with van der Waals surface area (Å²) in [4.78, 5) is 10.3. The molecular formula is C7H17AlO. The van der Waals surface area contributed by atoms with Crippen molar-refractivity contribution >= 4 is 23.1 Å². The van der Waals surface area contributed by atoms with Gasteiger partial charge in [0.15, 0.2) is 17.4 Å². The Hall–Kier alpha value is 0.202. The number of Topliss-reactive ketones (excluding diaryl/α,β-unsaturated/α-hetero) is 1. The third-order valence-electron chi connectivity index (χ3n) is 1.07. The summed E-state index contributed by atoms with van der Waals surface area (Å²) < 4.78 is 0. The summed E-state index contributed by atoms with van der Waals surface area (Å²) in [5, 5.41) is 0. The van der Waals surface area contributed by atoms with Gasteiger partial charge >= 0.3 is 0 Å². The van der Waals surface area contributed by atoms with E-state index < -0.39 is 0 Å². The molecule has 0 heterocycles. The normalized spacial score (nSPS) is 8.89. The summed E-state index contributed by atoms with van der Waals surface area (Å²) >= 11 is 0. The molecule has 0 aromatic heterocycles. The minimum atomic E-state index is 0. The number of carbonyl (C=O) groups is 1. The number of hydrogen-bond acceptors (Lipinski definition) is 1. The predicted molar refractivity (Wildman–Crippen MR) is 44.7 cm³/mol. The molecule has 0 unspecified atom stereocenters. The fraction of sp³-hybridized carbons (Fsp3) is 0.857. The van der Waals surface area contributed by atoms with Crippen LogP contribution in [0.4, 0.5) is 0 Å². The third kappa shape index (κ3) is 11.7. The Bertz CT molecular complexity index is 79.0. The molecule has 0 bridgehead atoms. The van der Waals surface area contributed by atoms with Crippen molar-refractivity contribution in [2.24, 2.45) is 5.92 Å². The lowest BCUT2D eigenvalue weighted by Gasteiger charge is -1.98. The van der Waals surface area contributed by atoms with Crippen molar-refractivity contribution in [3.63, 3.8) is 0 Å².